The molecule has 256 valence electrons. The molecule has 0 aliphatic carbocycles. The molecule has 1 unspecified atom stereocenters. The van der Waals surface area contributed by atoms with Crippen LogP contribution >= 0.6 is 0 Å². The third-order valence-corrected chi connectivity index (χ3v) is 7.34. The second-order valence-corrected chi connectivity index (χ2v) is 12.0. The highest BCUT2D eigenvalue weighted by Crippen LogP contribution is 2.41. The van der Waals surface area contributed by atoms with E-state index < -0.39 is 30.7 Å². The Labute approximate surface area is 284 Å². The summed E-state index contributed by atoms with van der Waals surface area (Å²) in [4.78, 5) is 24.2. The predicted molar refractivity (Wildman–Crippen MR) is 178 cm³/mol. The largest absolute Gasteiger partial charge is 0.483 e. The summed E-state index contributed by atoms with van der Waals surface area (Å²) in [7, 11) is 1.52. The fourth-order valence-electron chi connectivity index (χ4n) is 5.19. The number of ether oxygens (including phenoxy) is 5. The fraction of sp³-hybridized carbons (Fsp3) is 0.289. The molecule has 1 heterocycles. The molecule has 4 aromatic carbocycles. The molecule has 5 rings (SSSR count). The molecular formula is C38H38F2N2O7. The number of esters is 1. The molecule has 1 aliphatic rings. The molecule has 9 nitrogen and oxygen atoms in total. The molecule has 1 amide bonds. The quantitative estimate of drug-likeness (QED) is 0.166. The van der Waals surface area contributed by atoms with Crippen LogP contribution < -0.4 is 24.3 Å². The molecule has 1 aliphatic heterocycles. The number of nitrogens with zero attached hydrogens (tertiary/aromatic N) is 1. The lowest BCUT2D eigenvalue weighted by Gasteiger charge is -2.22. The van der Waals surface area contributed by atoms with Crippen LogP contribution in [-0.2, 0) is 16.0 Å². The van der Waals surface area contributed by atoms with Crippen LogP contribution in [0, 0.1) is 17.2 Å². The van der Waals surface area contributed by atoms with Gasteiger partial charge in [-0.2, -0.15) is 14.0 Å². The summed E-state index contributed by atoms with van der Waals surface area (Å²) in [6, 6.07) is 29.4. The highest BCUT2D eigenvalue weighted by atomic mass is 19.3. The van der Waals surface area contributed by atoms with Crippen LogP contribution in [-0.4, -0.2) is 31.3 Å². The summed E-state index contributed by atoms with van der Waals surface area (Å²) in [5.41, 5.74) is 1.90. The Balaban J connectivity index is 0.000000281. The maximum atomic E-state index is 13.0. The number of nitrogens with one attached hydrogen (secondary N) is 1. The molecule has 49 heavy (non-hydrogen) atoms. The van der Waals surface area contributed by atoms with Crippen LogP contribution in [0.1, 0.15) is 56.4 Å². The van der Waals surface area contributed by atoms with E-state index in [1.54, 1.807) is 54.6 Å². The van der Waals surface area contributed by atoms with Crippen molar-refractivity contribution in [3.8, 4) is 34.8 Å². The first-order valence-corrected chi connectivity index (χ1v) is 15.6. The number of fused-ring (bicyclic) bond motifs is 1. The van der Waals surface area contributed by atoms with Gasteiger partial charge in [0.15, 0.2) is 11.5 Å². The number of hydrogen-bond donors (Lipinski definition) is 1. The highest BCUT2D eigenvalue weighted by molar-refractivity contribution is 5.79. The average Bonchev–Trinajstić information content (AvgIpc) is 3.40. The van der Waals surface area contributed by atoms with Crippen molar-refractivity contribution in [2.45, 2.75) is 58.4 Å². The number of carbonyl (C=O) groups is 2. The Morgan fingerprint density at radius 1 is 0.878 bits per heavy atom. The second-order valence-electron chi connectivity index (χ2n) is 12.0. The van der Waals surface area contributed by atoms with Gasteiger partial charge in [-0.3, -0.25) is 4.79 Å². The van der Waals surface area contributed by atoms with Crippen molar-refractivity contribution in [1.82, 2.24) is 5.32 Å². The number of amides is 1. The van der Waals surface area contributed by atoms with Crippen LogP contribution in [0.25, 0.3) is 0 Å². The van der Waals surface area contributed by atoms with Gasteiger partial charge in [-0.15, -0.1) is 0 Å². The molecule has 0 bridgehead atoms. The van der Waals surface area contributed by atoms with E-state index in [0.29, 0.717) is 34.1 Å². The van der Waals surface area contributed by atoms with Crippen LogP contribution in [0.2, 0.25) is 0 Å². The van der Waals surface area contributed by atoms with Gasteiger partial charge >= 0.3 is 18.7 Å². The lowest BCUT2D eigenvalue weighted by molar-refractivity contribution is -0.150. The first kappa shape index (κ1) is 36.2. The van der Waals surface area contributed by atoms with Gasteiger partial charge in [0.2, 0.25) is 6.10 Å². The number of benzene rings is 4. The molecule has 0 spiro atoms. The molecule has 4 aromatic rings. The van der Waals surface area contributed by atoms with E-state index in [2.05, 4.69) is 10.1 Å². The molecule has 2 atom stereocenters. The Morgan fingerprint density at radius 3 is 2.18 bits per heavy atom. The number of hydrogen-bond acceptors (Lipinski definition) is 8. The summed E-state index contributed by atoms with van der Waals surface area (Å²) >= 11 is 0. The third-order valence-electron chi connectivity index (χ3n) is 7.34. The molecular weight excluding hydrogens is 634 g/mol. The lowest BCUT2D eigenvalue weighted by Crippen LogP contribution is -2.25. The van der Waals surface area contributed by atoms with Crippen molar-refractivity contribution in [2.24, 2.45) is 5.92 Å². The first-order chi connectivity index (χ1) is 23.4. The number of rotatable bonds is 10. The summed E-state index contributed by atoms with van der Waals surface area (Å²) < 4.78 is 51.4. The zero-order valence-corrected chi connectivity index (χ0v) is 27.8. The number of carbonyl (C=O) groups excluding carboxylic acids is 2. The SMILES string of the molecule is CC(C)[C@H](C(=O)OC(C#N)c1cccc(Oc2ccccc2)c1)c1ccc(OC(F)F)cc1.CNC(=O)Oc1cccc2c1OC(C)(C)C2. The Morgan fingerprint density at radius 2 is 1.55 bits per heavy atom. The number of para-hydroxylation sites is 2. The maximum Gasteiger partial charge on any atom is 0.412 e. The standard InChI is InChI=1S/C26H23F2NO4.C12H15NO3/c1-17(2)24(18-11-13-21(14-12-18)32-26(27)28)25(30)33-23(16-29)19-7-6-10-22(15-19)31-20-8-4-3-5-9-20;1-12(2)7-8-5-4-6-9(10(8)16-12)15-11(14)13-3/h3-15,17,23-24,26H,1-2H3;4-6H,7H2,1-3H3,(H,13,14)/t23?,24-;/m0./s1. The Hall–Kier alpha value is -5.63. The zero-order chi connectivity index (χ0) is 35.6. The minimum absolute atomic E-state index is 0.00486. The summed E-state index contributed by atoms with van der Waals surface area (Å²) in [5, 5.41) is 12.1. The normalized spacial score (nSPS) is 13.8. The minimum atomic E-state index is -2.93. The van der Waals surface area contributed by atoms with Crippen LogP contribution in [0.4, 0.5) is 13.6 Å². The molecule has 0 radical (unpaired) electrons. The van der Waals surface area contributed by atoms with Crippen molar-refractivity contribution < 1.29 is 42.1 Å². The third kappa shape index (κ3) is 10.2. The summed E-state index contributed by atoms with van der Waals surface area (Å²) in [6.07, 6.45) is -0.797. The van der Waals surface area contributed by atoms with Gasteiger partial charge in [0.05, 0.1) is 5.92 Å². The van der Waals surface area contributed by atoms with Crippen LogP contribution in [0.3, 0.4) is 0 Å². The van der Waals surface area contributed by atoms with Gasteiger partial charge in [0.1, 0.15) is 28.9 Å². The molecule has 1 N–H and O–H groups in total. The van der Waals surface area contributed by atoms with Gasteiger partial charge in [0.25, 0.3) is 0 Å². The first-order valence-electron chi connectivity index (χ1n) is 15.6. The Kier molecular flexibility index (Phi) is 12.2. The highest BCUT2D eigenvalue weighted by Gasteiger charge is 2.33. The van der Waals surface area contributed by atoms with E-state index in [1.165, 1.54) is 19.2 Å². The van der Waals surface area contributed by atoms with E-state index >= 15 is 0 Å². The topological polar surface area (TPSA) is 116 Å². The molecule has 0 saturated heterocycles. The fourth-order valence-corrected chi connectivity index (χ4v) is 5.19. The maximum absolute atomic E-state index is 13.0. The smallest absolute Gasteiger partial charge is 0.412 e. The zero-order valence-electron chi connectivity index (χ0n) is 27.8. The van der Waals surface area contributed by atoms with Gasteiger partial charge < -0.3 is 29.0 Å². The Bertz CT molecular complexity index is 1760. The van der Waals surface area contributed by atoms with Gasteiger partial charge in [-0.05, 0) is 67.8 Å². The number of halogens is 2. The van der Waals surface area contributed by atoms with Crippen LogP contribution in [0.15, 0.2) is 97.1 Å². The van der Waals surface area contributed by atoms with Crippen molar-refractivity contribution >= 4 is 12.1 Å². The molecule has 11 heteroatoms. The van der Waals surface area contributed by atoms with E-state index in [9.17, 15) is 23.6 Å². The molecule has 0 fully saturated rings. The van der Waals surface area contributed by atoms with Gasteiger partial charge in [-0.25, -0.2) is 4.79 Å². The van der Waals surface area contributed by atoms with Crippen molar-refractivity contribution in [1.29, 1.82) is 5.26 Å². The van der Waals surface area contributed by atoms with E-state index in [4.69, 9.17) is 18.9 Å². The summed E-state index contributed by atoms with van der Waals surface area (Å²) in [5.74, 6) is 0.850. The van der Waals surface area contributed by atoms with Crippen molar-refractivity contribution in [3.05, 3.63) is 114 Å². The van der Waals surface area contributed by atoms with E-state index in [-0.39, 0.29) is 17.3 Å². The molecule has 0 saturated carbocycles. The van der Waals surface area contributed by atoms with Crippen molar-refractivity contribution in [3.63, 3.8) is 0 Å². The van der Waals surface area contributed by atoms with Gasteiger partial charge in [0, 0.05) is 24.6 Å². The van der Waals surface area contributed by atoms with E-state index in [1.807, 2.05) is 64.1 Å². The number of nitriles is 1. The lowest BCUT2D eigenvalue weighted by atomic mass is 9.88. The second kappa shape index (κ2) is 16.5. The minimum Gasteiger partial charge on any atom is -0.483 e. The molecule has 0 aromatic heterocycles. The van der Waals surface area contributed by atoms with E-state index in [0.717, 1.165) is 12.0 Å². The number of alkyl halides is 2. The predicted octanol–water partition coefficient (Wildman–Crippen LogP) is 8.75. The van der Waals surface area contributed by atoms with Crippen molar-refractivity contribution in [2.75, 3.05) is 7.05 Å². The summed E-state index contributed by atoms with van der Waals surface area (Å²) in [6.45, 7) is 4.77. The van der Waals surface area contributed by atoms with Crippen LogP contribution in [0.5, 0.6) is 28.7 Å². The average molecular weight is 673 g/mol. The van der Waals surface area contributed by atoms with Gasteiger partial charge in [-0.1, -0.05) is 68.4 Å². The monoisotopic (exact) mass is 672 g/mol.